The molecule has 0 amide bonds. The highest BCUT2D eigenvalue weighted by molar-refractivity contribution is 7.89. The lowest BCUT2D eigenvalue weighted by molar-refractivity contribution is -0.131. The van der Waals surface area contributed by atoms with Gasteiger partial charge in [0.2, 0.25) is 10.0 Å². The third kappa shape index (κ3) is 4.89. The molecule has 2 aliphatic rings. The van der Waals surface area contributed by atoms with Gasteiger partial charge in [-0.2, -0.15) is 4.31 Å². The Morgan fingerprint density at radius 1 is 1.38 bits per heavy atom. The second-order valence-corrected chi connectivity index (χ2v) is 8.81. The Bertz CT molecular complexity index is 432. The quantitative estimate of drug-likeness (QED) is 0.763. The van der Waals surface area contributed by atoms with Crippen LogP contribution >= 0.6 is 0 Å². The van der Waals surface area contributed by atoms with E-state index in [1.807, 2.05) is 13.8 Å². The van der Waals surface area contributed by atoms with E-state index in [4.69, 9.17) is 4.74 Å². The van der Waals surface area contributed by atoms with E-state index in [0.717, 1.165) is 13.0 Å². The van der Waals surface area contributed by atoms with Crippen molar-refractivity contribution in [3.8, 4) is 0 Å². The lowest BCUT2D eigenvalue weighted by Gasteiger charge is -2.41. The predicted molar refractivity (Wildman–Crippen MR) is 81.7 cm³/mol. The maximum absolute atomic E-state index is 12.5. The topological polar surface area (TPSA) is 78.9 Å². The van der Waals surface area contributed by atoms with E-state index in [1.54, 1.807) is 0 Å². The van der Waals surface area contributed by atoms with Gasteiger partial charge >= 0.3 is 0 Å². The number of rotatable bonds is 5. The number of piperidine rings is 1. The Labute approximate surface area is 127 Å². The van der Waals surface area contributed by atoms with Gasteiger partial charge in [-0.3, -0.25) is 0 Å². The highest BCUT2D eigenvalue weighted by Crippen LogP contribution is 2.24. The van der Waals surface area contributed by atoms with Gasteiger partial charge in [-0.1, -0.05) is 6.42 Å². The molecule has 2 fully saturated rings. The minimum atomic E-state index is -3.29. The number of ether oxygens (including phenoxy) is 1. The number of aliphatic hydroxyl groups is 1. The molecule has 0 aliphatic carbocycles. The SMILES string of the molecule is CC1(C)CN(S(=O)(=O)CCC2CCCCN2)CC(CO)O1. The molecule has 0 radical (unpaired) electrons. The van der Waals surface area contributed by atoms with Crippen LogP contribution in [-0.4, -0.2) is 67.6 Å². The maximum atomic E-state index is 12.5. The molecule has 0 bridgehead atoms. The second-order valence-electron chi connectivity index (χ2n) is 6.73. The van der Waals surface area contributed by atoms with Gasteiger partial charge in [-0.05, 0) is 39.7 Å². The van der Waals surface area contributed by atoms with Gasteiger partial charge < -0.3 is 15.2 Å². The molecule has 6 nitrogen and oxygen atoms in total. The van der Waals surface area contributed by atoms with Crippen molar-refractivity contribution in [2.45, 2.75) is 57.3 Å². The average Bonchev–Trinajstić information content (AvgIpc) is 2.44. The van der Waals surface area contributed by atoms with Gasteiger partial charge in [0, 0.05) is 19.1 Å². The third-order valence-corrected chi connectivity index (χ3v) is 6.00. The molecule has 0 spiro atoms. The van der Waals surface area contributed by atoms with Crippen molar-refractivity contribution < 1.29 is 18.3 Å². The first kappa shape index (κ1) is 17.1. The molecule has 2 heterocycles. The number of sulfonamides is 1. The lowest BCUT2D eigenvalue weighted by atomic mass is 10.0. The van der Waals surface area contributed by atoms with Crippen LogP contribution in [0.1, 0.15) is 39.5 Å². The summed E-state index contributed by atoms with van der Waals surface area (Å²) in [5, 5.41) is 12.7. The van der Waals surface area contributed by atoms with Crippen LogP contribution in [0, 0.1) is 0 Å². The number of hydrogen-bond donors (Lipinski definition) is 2. The van der Waals surface area contributed by atoms with Crippen molar-refractivity contribution in [2.75, 3.05) is 32.0 Å². The summed E-state index contributed by atoms with van der Waals surface area (Å²) in [5.74, 6) is 0.166. The number of hydrogen-bond acceptors (Lipinski definition) is 5. The standard InChI is InChI=1S/C14H28N2O4S/c1-14(2)11-16(9-13(10-17)20-14)21(18,19)8-6-12-5-3-4-7-15-12/h12-13,15,17H,3-11H2,1-2H3. The van der Waals surface area contributed by atoms with Gasteiger partial charge in [-0.15, -0.1) is 0 Å². The molecule has 0 aromatic heterocycles. The van der Waals surface area contributed by atoms with Crippen LogP contribution in [0.5, 0.6) is 0 Å². The van der Waals surface area contributed by atoms with E-state index in [9.17, 15) is 13.5 Å². The first-order valence-corrected chi connectivity index (χ1v) is 9.43. The first-order valence-electron chi connectivity index (χ1n) is 7.82. The van der Waals surface area contributed by atoms with Gasteiger partial charge in [0.05, 0.1) is 24.1 Å². The van der Waals surface area contributed by atoms with Crippen LogP contribution in [0.15, 0.2) is 0 Å². The zero-order valence-electron chi connectivity index (χ0n) is 13.0. The van der Waals surface area contributed by atoms with Crippen molar-refractivity contribution in [1.29, 1.82) is 0 Å². The normalized spacial score (nSPS) is 31.2. The number of aliphatic hydroxyl groups excluding tert-OH is 1. The van der Waals surface area contributed by atoms with Crippen LogP contribution in [-0.2, 0) is 14.8 Å². The van der Waals surface area contributed by atoms with Crippen molar-refractivity contribution >= 4 is 10.0 Å². The van der Waals surface area contributed by atoms with Gasteiger partial charge in [0.15, 0.2) is 0 Å². The molecule has 21 heavy (non-hydrogen) atoms. The van der Waals surface area contributed by atoms with Gasteiger partial charge in [0.1, 0.15) is 0 Å². The summed E-state index contributed by atoms with van der Waals surface area (Å²) in [7, 11) is -3.29. The Morgan fingerprint density at radius 3 is 2.76 bits per heavy atom. The number of nitrogens with one attached hydrogen (secondary N) is 1. The predicted octanol–water partition coefficient (Wildman–Crippen LogP) is 0.320. The smallest absolute Gasteiger partial charge is 0.214 e. The summed E-state index contributed by atoms with van der Waals surface area (Å²) in [6, 6.07) is 0.316. The third-order valence-electron chi connectivity index (χ3n) is 4.18. The number of morpholine rings is 1. The van der Waals surface area contributed by atoms with Crippen LogP contribution < -0.4 is 5.32 Å². The van der Waals surface area contributed by atoms with E-state index in [-0.39, 0.29) is 18.9 Å². The fraction of sp³-hybridized carbons (Fsp3) is 1.00. The second kappa shape index (κ2) is 6.91. The van der Waals surface area contributed by atoms with Crippen molar-refractivity contribution in [2.24, 2.45) is 0 Å². The minimum absolute atomic E-state index is 0.153. The zero-order valence-corrected chi connectivity index (χ0v) is 13.9. The lowest BCUT2D eigenvalue weighted by Crippen LogP contribution is -2.56. The van der Waals surface area contributed by atoms with E-state index in [2.05, 4.69) is 5.32 Å². The van der Waals surface area contributed by atoms with Crippen molar-refractivity contribution in [1.82, 2.24) is 9.62 Å². The Balaban J connectivity index is 1.94. The summed E-state index contributed by atoms with van der Waals surface area (Å²) in [4.78, 5) is 0. The summed E-state index contributed by atoms with van der Waals surface area (Å²) in [5.41, 5.74) is -0.554. The fourth-order valence-corrected chi connectivity index (χ4v) is 4.88. The van der Waals surface area contributed by atoms with E-state index in [0.29, 0.717) is 19.0 Å². The molecule has 124 valence electrons. The molecular formula is C14H28N2O4S. The maximum Gasteiger partial charge on any atom is 0.214 e. The van der Waals surface area contributed by atoms with Crippen molar-refractivity contribution in [3.63, 3.8) is 0 Å². The largest absolute Gasteiger partial charge is 0.394 e. The molecule has 7 heteroatoms. The molecule has 2 N–H and O–H groups in total. The Morgan fingerprint density at radius 2 is 2.14 bits per heavy atom. The van der Waals surface area contributed by atoms with Gasteiger partial charge in [0.25, 0.3) is 0 Å². The molecule has 2 saturated heterocycles. The molecule has 2 rings (SSSR count). The molecule has 0 saturated carbocycles. The molecule has 0 aromatic rings. The highest BCUT2D eigenvalue weighted by Gasteiger charge is 2.38. The average molecular weight is 320 g/mol. The van der Waals surface area contributed by atoms with E-state index < -0.39 is 21.7 Å². The zero-order chi connectivity index (χ0) is 15.5. The molecule has 2 aliphatic heterocycles. The summed E-state index contributed by atoms with van der Waals surface area (Å²) in [6.07, 6.45) is 3.64. The van der Waals surface area contributed by atoms with Crippen molar-refractivity contribution in [3.05, 3.63) is 0 Å². The summed E-state index contributed by atoms with van der Waals surface area (Å²) < 4.78 is 32.2. The molecule has 2 unspecified atom stereocenters. The monoisotopic (exact) mass is 320 g/mol. The van der Waals surface area contributed by atoms with Crippen LogP contribution in [0.2, 0.25) is 0 Å². The van der Waals surface area contributed by atoms with Gasteiger partial charge in [-0.25, -0.2) is 8.42 Å². The fourth-order valence-electron chi connectivity index (χ4n) is 3.14. The van der Waals surface area contributed by atoms with Crippen LogP contribution in [0.25, 0.3) is 0 Å². The Hall–Kier alpha value is -0.210. The summed E-state index contributed by atoms with van der Waals surface area (Å²) in [6.45, 7) is 5.16. The summed E-state index contributed by atoms with van der Waals surface area (Å²) >= 11 is 0. The molecule has 0 aromatic carbocycles. The van der Waals surface area contributed by atoms with Crippen LogP contribution in [0.3, 0.4) is 0 Å². The molecular weight excluding hydrogens is 292 g/mol. The highest BCUT2D eigenvalue weighted by atomic mass is 32.2. The van der Waals surface area contributed by atoms with E-state index >= 15 is 0 Å². The van der Waals surface area contributed by atoms with E-state index in [1.165, 1.54) is 17.1 Å². The first-order chi connectivity index (χ1) is 9.82. The Kier molecular flexibility index (Phi) is 5.65. The molecule has 2 atom stereocenters. The number of nitrogens with zero attached hydrogens (tertiary/aromatic N) is 1. The minimum Gasteiger partial charge on any atom is -0.394 e. The van der Waals surface area contributed by atoms with Crippen LogP contribution in [0.4, 0.5) is 0 Å².